The molecule has 1 saturated heterocycles. The van der Waals surface area contributed by atoms with Crippen molar-refractivity contribution in [3.05, 3.63) is 35.4 Å². The van der Waals surface area contributed by atoms with E-state index in [9.17, 15) is 0 Å². The number of anilines is 1. The Morgan fingerprint density at radius 3 is 2.95 bits per heavy atom. The average Bonchev–Trinajstić information content (AvgIpc) is 2.56. The fourth-order valence-corrected chi connectivity index (χ4v) is 2.71. The van der Waals surface area contributed by atoms with E-state index in [2.05, 4.69) is 20.3 Å². The third-order valence-corrected chi connectivity index (χ3v) is 4.08. The maximum atomic E-state index is 6.18. The lowest BCUT2D eigenvalue weighted by atomic mass is 10.0. The van der Waals surface area contributed by atoms with Gasteiger partial charge in [0.05, 0.1) is 10.7 Å². The molecule has 0 radical (unpaired) electrons. The molecular weight excluding hydrogens is 300 g/mol. The van der Waals surface area contributed by atoms with Crippen LogP contribution >= 0.6 is 11.6 Å². The predicted octanol–water partition coefficient (Wildman–Crippen LogP) is 3.34. The van der Waals surface area contributed by atoms with Gasteiger partial charge in [-0.3, -0.25) is 4.98 Å². The molecule has 0 aliphatic carbocycles. The monoisotopic (exact) mass is 318 g/mol. The van der Waals surface area contributed by atoms with Gasteiger partial charge in [0.25, 0.3) is 0 Å². The highest BCUT2D eigenvalue weighted by atomic mass is 35.5. The lowest BCUT2D eigenvalue weighted by Crippen LogP contribution is -2.22. The SMILES string of the molecule is Cc1ncc(Cl)c(-c2cc(NCC3CCOCC3)ccn2)n1. The number of ether oxygens (including phenoxy) is 1. The third-order valence-electron chi connectivity index (χ3n) is 3.80. The third kappa shape index (κ3) is 3.72. The molecule has 116 valence electrons. The molecule has 0 aromatic carbocycles. The molecule has 2 aromatic rings. The van der Waals surface area contributed by atoms with Gasteiger partial charge in [0.15, 0.2) is 0 Å². The van der Waals surface area contributed by atoms with Gasteiger partial charge in [-0.15, -0.1) is 0 Å². The molecule has 0 unspecified atom stereocenters. The fraction of sp³-hybridized carbons (Fsp3) is 0.438. The number of hydrogen-bond donors (Lipinski definition) is 1. The minimum Gasteiger partial charge on any atom is -0.385 e. The van der Waals surface area contributed by atoms with Crippen molar-refractivity contribution in [1.29, 1.82) is 0 Å². The number of rotatable bonds is 4. The summed E-state index contributed by atoms with van der Waals surface area (Å²) in [5.41, 5.74) is 2.46. The first-order valence-corrected chi connectivity index (χ1v) is 7.87. The number of nitrogens with zero attached hydrogens (tertiary/aromatic N) is 3. The van der Waals surface area contributed by atoms with Crippen LogP contribution in [0.5, 0.6) is 0 Å². The normalized spacial score (nSPS) is 15.7. The molecule has 0 atom stereocenters. The quantitative estimate of drug-likeness (QED) is 0.937. The topological polar surface area (TPSA) is 59.9 Å². The molecule has 3 heterocycles. The van der Waals surface area contributed by atoms with Gasteiger partial charge in [-0.05, 0) is 37.8 Å². The Kier molecular flexibility index (Phi) is 4.85. The molecule has 0 amide bonds. The van der Waals surface area contributed by atoms with Crippen LogP contribution in [-0.2, 0) is 4.74 Å². The maximum absolute atomic E-state index is 6.18. The molecule has 1 N–H and O–H groups in total. The van der Waals surface area contributed by atoms with E-state index in [0.29, 0.717) is 22.5 Å². The first-order chi connectivity index (χ1) is 10.7. The van der Waals surface area contributed by atoms with Crippen molar-refractivity contribution in [1.82, 2.24) is 15.0 Å². The van der Waals surface area contributed by atoms with Crippen LogP contribution in [0, 0.1) is 12.8 Å². The zero-order chi connectivity index (χ0) is 15.4. The average molecular weight is 319 g/mol. The lowest BCUT2D eigenvalue weighted by molar-refractivity contribution is 0.0699. The smallest absolute Gasteiger partial charge is 0.126 e. The molecule has 1 fully saturated rings. The van der Waals surface area contributed by atoms with Crippen molar-refractivity contribution < 1.29 is 4.74 Å². The van der Waals surface area contributed by atoms with E-state index in [1.54, 1.807) is 12.4 Å². The second kappa shape index (κ2) is 7.03. The summed E-state index contributed by atoms with van der Waals surface area (Å²) in [6.45, 7) is 4.52. The summed E-state index contributed by atoms with van der Waals surface area (Å²) >= 11 is 6.18. The molecule has 0 saturated carbocycles. The summed E-state index contributed by atoms with van der Waals surface area (Å²) in [5, 5.41) is 3.99. The molecule has 5 nitrogen and oxygen atoms in total. The maximum Gasteiger partial charge on any atom is 0.126 e. The van der Waals surface area contributed by atoms with Crippen LogP contribution in [0.2, 0.25) is 5.02 Å². The van der Waals surface area contributed by atoms with Crippen molar-refractivity contribution in [2.75, 3.05) is 25.1 Å². The van der Waals surface area contributed by atoms with E-state index in [4.69, 9.17) is 16.3 Å². The summed E-state index contributed by atoms with van der Waals surface area (Å²) in [4.78, 5) is 12.8. The number of nitrogens with one attached hydrogen (secondary N) is 1. The summed E-state index contributed by atoms with van der Waals surface area (Å²) in [6, 6.07) is 3.94. The Morgan fingerprint density at radius 2 is 2.14 bits per heavy atom. The van der Waals surface area contributed by atoms with E-state index < -0.39 is 0 Å². The van der Waals surface area contributed by atoms with Gasteiger partial charge in [0.1, 0.15) is 11.5 Å². The summed E-state index contributed by atoms with van der Waals surface area (Å²) in [7, 11) is 0. The zero-order valence-corrected chi connectivity index (χ0v) is 13.3. The number of halogens is 1. The van der Waals surface area contributed by atoms with Crippen LogP contribution < -0.4 is 5.32 Å². The van der Waals surface area contributed by atoms with Gasteiger partial charge < -0.3 is 10.1 Å². The Labute approximate surface area is 135 Å². The van der Waals surface area contributed by atoms with Crippen molar-refractivity contribution in [2.45, 2.75) is 19.8 Å². The highest BCUT2D eigenvalue weighted by Gasteiger charge is 2.14. The molecule has 22 heavy (non-hydrogen) atoms. The summed E-state index contributed by atoms with van der Waals surface area (Å²) in [6.07, 6.45) is 5.61. The Balaban J connectivity index is 1.73. The first-order valence-electron chi connectivity index (χ1n) is 7.49. The highest BCUT2D eigenvalue weighted by Crippen LogP contribution is 2.25. The molecule has 0 bridgehead atoms. The molecule has 1 aliphatic heterocycles. The lowest BCUT2D eigenvalue weighted by Gasteiger charge is -2.22. The number of pyridine rings is 1. The van der Waals surface area contributed by atoms with Crippen LogP contribution in [0.25, 0.3) is 11.4 Å². The molecular formula is C16H19ClN4O. The molecule has 3 rings (SSSR count). The second-order valence-corrected chi connectivity index (χ2v) is 5.89. The van der Waals surface area contributed by atoms with Gasteiger partial charge in [-0.2, -0.15) is 0 Å². The van der Waals surface area contributed by atoms with E-state index in [1.807, 2.05) is 19.1 Å². The predicted molar refractivity (Wildman–Crippen MR) is 87.0 cm³/mol. The summed E-state index contributed by atoms with van der Waals surface area (Å²) in [5.74, 6) is 1.34. The van der Waals surface area contributed by atoms with Gasteiger partial charge in [-0.25, -0.2) is 9.97 Å². The highest BCUT2D eigenvalue weighted by molar-refractivity contribution is 6.32. The zero-order valence-electron chi connectivity index (χ0n) is 12.6. The van der Waals surface area contributed by atoms with Crippen LogP contribution in [0.3, 0.4) is 0 Å². The van der Waals surface area contributed by atoms with E-state index in [1.165, 1.54) is 0 Å². The van der Waals surface area contributed by atoms with E-state index >= 15 is 0 Å². The van der Waals surface area contributed by atoms with Crippen LogP contribution in [-0.4, -0.2) is 34.7 Å². The largest absolute Gasteiger partial charge is 0.385 e. The Bertz CT molecular complexity index is 644. The van der Waals surface area contributed by atoms with Crippen LogP contribution in [0.15, 0.2) is 24.5 Å². The van der Waals surface area contributed by atoms with Gasteiger partial charge in [0.2, 0.25) is 0 Å². The Morgan fingerprint density at radius 1 is 1.32 bits per heavy atom. The molecule has 6 heteroatoms. The van der Waals surface area contributed by atoms with Crippen LogP contribution in [0.4, 0.5) is 5.69 Å². The molecule has 0 spiro atoms. The minimum atomic E-state index is 0.514. The summed E-state index contributed by atoms with van der Waals surface area (Å²) < 4.78 is 5.39. The standard InChI is InChI=1S/C16H19ClN4O/c1-11-19-10-14(17)16(21-11)15-8-13(2-5-18-15)20-9-12-3-6-22-7-4-12/h2,5,8,10,12H,3-4,6-7,9H2,1H3,(H,18,20). The minimum absolute atomic E-state index is 0.514. The fourth-order valence-electron chi connectivity index (χ4n) is 2.52. The van der Waals surface area contributed by atoms with Gasteiger partial charge in [-0.1, -0.05) is 11.6 Å². The van der Waals surface area contributed by atoms with Crippen molar-refractivity contribution in [3.63, 3.8) is 0 Å². The van der Waals surface area contributed by atoms with E-state index in [0.717, 1.165) is 44.0 Å². The second-order valence-electron chi connectivity index (χ2n) is 5.48. The van der Waals surface area contributed by atoms with Crippen molar-refractivity contribution in [3.8, 4) is 11.4 Å². The van der Waals surface area contributed by atoms with E-state index in [-0.39, 0.29) is 0 Å². The van der Waals surface area contributed by atoms with Gasteiger partial charge >= 0.3 is 0 Å². The van der Waals surface area contributed by atoms with Crippen molar-refractivity contribution in [2.24, 2.45) is 5.92 Å². The van der Waals surface area contributed by atoms with Crippen molar-refractivity contribution >= 4 is 17.3 Å². The Hall–Kier alpha value is -1.72. The number of hydrogen-bond acceptors (Lipinski definition) is 5. The molecule has 1 aliphatic rings. The van der Waals surface area contributed by atoms with Crippen LogP contribution in [0.1, 0.15) is 18.7 Å². The molecule has 2 aromatic heterocycles. The van der Waals surface area contributed by atoms with Gasteiger partial charge in [0, 0.05) is 37.8 Å². The number of aromatic nitrogens is 3. The number of aryl methyl sites for hydroxylation is 1. The first kappa shape index (κ1) is 15.2.